The Morgan fingerprint density at radius 1 is 1.18 bits per heavy atom. The molecule has 3 N–H and O–H groups in total. The van der Waals surface area contributed by atoms with Gasteiger partial charge in [0.25, 0.3) is 0 Å². The van der Waals surface area contributed by atoms with Gasteiger partial charge in [-0.1, -0.05) is 23.7 Å². The normalized spacial score (nSPS) is 20.4. The number of ether oxygens (including phenoxy) is 2. The van der Waals surface area contributed by atoms with Crippen molar-refractivity contribution in [3.63, 3.8) is 0 Å². The number of hydrogen-bond donors (Lipinski definition) is 2. The van der Waals surface area contributed by atoms with E-state index >= 15 is 0 Å². The zero-order valence-corrected chi connectivity index (χ0v) is 19.5. The molecule has 2 heterocycles. The van der Waals surface area contributed by atoms with Crippen molar-refractivity contribution in [2.24, 2.45) is 10.7 Å². The third kappa shape index (κ3) is 7.02. The van der Waals surface area contributed by atoms with Gasteiger partial charge in [0.2, 0.25) is 0 Å². The number of nitrogens with two attached hydrogens (primary N) is 1. The highest BCUT2D eigenvalue weighted by atomic mass is 127. The minimum Gasteiger partial charge on any atom is -0.381 e. The van der Waals surface area contributed by atoms with Crippen molar-refractivity contribution in [1.29, 1.82) is 0 Å². The smallest absolute Gasteiger partial charge is 0.188 e. The van der Waals surface area contributed by atoms with Crippen LogP contribution in [0.4, 0.5) is 0 Å². The van der Waals surface area contributed by atoms with Crippen molar-refractivity contribution in [2.75, 3.05) is 59.2 Å². The molecule has 2 aliphatic rings. The molecule has 2 saturated heterocycles. The summed E-state index contributed by atoms with van der Waals surface area (Å²) in [6, 6.07) is 8.10. The monoisotopic (exact) mass is 522 g/mol. The molecule has 6 nitrogen and oxygen atoms in total. The Hall–Kier alpha value is -0.610. The lowest BCUT2D eigenvalue weighted by Crippen LogP contribution is -2.40. The number of nitrogens with one attached hydrogen (secondary N) is 1. The fourth-order valence-electron chi connectivity index (χ4n) is 3.75. The molecule has 2 fully saturated rings. The summed E-state index contributed by atoms with van der Waals surface area (Å²) in [5, 5.41) is 4.02. The first kappa shape index (κ1) is 23.7. The molecular weight excluding hydrogens is 491 g/mol. The highest BCUT2D eigenvalue weighted by Crippen LogP contribution is 2.36. The predicted octanol–water partition coefficient (Wildman–Crippen LogP) is 2.63. The second-order valence-corrected chi connectivity index (χ2v) is 7.78. The van der Waals surface area contributed by atoms with Crippen LogP contribution in [0.3, 0.4) is 0 Å². The van der Waals surface area contributed by atoms with Crippen molar-refractivity contribution < 1.29 is 9.47 Å². The van der Waals surface area contributed by atoms with Gasteiger partial charge in [-0.05, 0) is 43.5 Å². The van der Waals surface area contributed by atoms with Gasteiger partial charge in [0.1, 0.15) is 0 Å². The quantitative estimate of drug-likeness (QED) is 0.249. The summed E-state index contributed by atoms with van der Waals surface area (Å²) in [4.78, 5) is 7.09. The molecule has 1 aromatic rings. The van der Waals surface area contributed by atoms with Gasteiger partial charge in [-0.3, -0.25) is 9.89 Å². The van der Waals surface area contributed by atoms with Crippen LogP contribution in [0.1, 0.15) is 24.8 Å². The molecule has 0 aliphatic carbocycles. The molecule has 1 aromatic carbocycles. The second kappa shape index (κ2) is 12.2. The van der Waals surface area contributed by atoms with Gasteiger partial charge >= 0.3 is 0 Å². The Labute approximate surface area is 190 Å². The van der Waals surface area contributed by atoms with Crippen LogP contribution < -0.4 is 11.1 Å². The van der Waals surface area contributed by atoms with Crippen LogP contribution in [-0.2, 0) is 14.9 Å². The lowest BCUT2D eigenvalue weighted by Gasteiger charge is -2.36. The van der Waals surface area contributed by atoms with E-state index in [0.717, 1.165) is 76.9 Å². The van der Waals surface area contributed by atoms with Gasteiger partial charge in [0, 0.05) is 43.3 Å². The van der Waals surface area contributed by atoms with Crippen LogP contribution in [0.5, 0.6) is 0 Å². The molecule has 8 heteroatoms. The number of aliphatic imine (C=N–C) groups is 1. The van der Waals surface area contributed by atoms with Gasteiger partial charge < -0.3 is 20.5 Å². The number of rotatable bonds is 7. The van der Waals surface area contributed by atoms with E-state index in [-0.39, 0.29) is 29.4 Å². The lowest BCUT2D eigenvalue weighted by molar-refractivity contribution is 0.0376. The van der Waals surface area contributed by atoms with Crippen molar-refractivity contribution in [2.45, 2.75) is 24.7 Å². The van der Waals surface area contributed by atoms with Crippen LogP contribution in [-0.4, -0.2) is 70.0 Å². The topological polar surface area (TPSA) is 72.1 Å². The molecule has 3 rings (SSSR count). The maximum Gasteiger partial charge on any atom is 0.188 e. The molecule has 0 radical (unpaired) electrons. The van der Waals surface area contributed by atoms with Crippen LogP contribution in [0.25, 0.3) is 0 Å². The van der Waals surface area contributed by atoms with Crippen molar-refractivity contribution in [3.8, 4) is 0 Å². The van der Waals surface area contributed by atoms with E-state index < -0.39 is 0 Å². The molecule has 2 aliphatic heterocycles. The SMILES string of the molecule is I.NC(=NCC1(c2cccc(Cl)c2)CCOCC1)NCCCN1CCOCC1. The van der Waals surface area contributed by atoms with Crippen LogP contribution in [0.15, 0.2) is 29.3 Å². The first-order valence-corrected chi connectivity index (χ1v) is 10.2. The minimum atomic E-state index is -0.0523. The lowest BCUT2D eigenvalue weighted by atomic mass is 9.74. The summed E-state index contributed by atoms with van der Waals surface area (Å²) in [5.74, 6) is 0.518. The Balaban J connectivity index is 0.00000280. The Kier molecular flexibility index (Phi) is 10.3. The van der Waals surface area contributed by atoms with Crippen molar-refractivity contribution in [3.05, 3.63) is 34.9 Å². The Morgan fingerprint density at radius 2 is 1.89 bits per heavy atom. The second-order valence-electron chi connectivity index (χ2n) is 7.34. The molecule has 0 saturated carbocycles. The maximum atomic E-state index is 6.22. The summed E-state index contributed by atoms with van der Waals surface area (Å²) in [6.07, 6.45) is 2.91. The molecular formula is C20H32ClIN4O2. The van der Waals surface area contributed by atoms with E-state index in [9.17, 15) is 0 Å². The average Bonchev–Trinajstić information content (AvgIpc) is 2.71. The summed E-state index contributed by atoms with van der Waals surface area (Å²) in [6.45, 7) is 7.76. The van der Waals surface area contributed by atoms with Crippen LogP contribution in [0, 0.1) is 0 Å². The minimum absolute atomic E-state index is 0. The largest absolute Gasteiger partial charge is 0.381 e. The van der Waals surface area contributed by atoms with E-state index in [1.807, 2.05) is 18.2 Å². The molecule has 28 heavy (non-hydrogen) atoms. The van der Waals surface area contributed by atoms with Crippen LogP contribution in [0.2, 0.25) is 5.02 Å². The molecule has 0 atom stereocenters. The van der Waals surface area contributed by atoms with E-state index in [1.54, 1.807) is 0 Å². The van der Waals surface area contributed by atoms with Gasteiger partial charge in [-0.25, -0.2) is 0 Å². The Morgan fingerprint density at radius 3 is 2.61 bits per heavy atom. The third-order valence-electron chi connectivity index (χ3n) is 5.50. The maximum absolute atomic E-state index is 6.22. The molecule has 0 amide bonds. The molecule has 158 valence electrons. The fourth-order valence-corrected chi connectivity index (χ4v) is 3.95. The van der Waals surface area contributed by atoms with E-state index in [2.05, 4.69) is 21.3 Å². The highest BCUT2D eigenvalue weighted by Gasteiger charge is 2.34. The van der Waals surface area contributed by atoms with Crippen molar-refractivity contribution >= 4 is 41.5 Å². The summed E-state index contributed by atoms with van der Waals surface area (Å²) in [7, 11) is 0. The first-order valence-electron chi connectivity index (χ1n) is 9.86. The predicted molar refractivity (Wildman–Crippen MR) is 125 cm³/mol. The number of morpholine rings is 1. The summed E-state index contributed by atoms with van der Waals surface area (Å²) in [5.41, 5.74) is 7.30. The zero-order valence-electron chi connectivity index (χ0n) is 16.4. The van der Waals surface area contributed by atoms with E-state index in [4.69, 9.17) is 26.8 Å². The van der Waals surface area contributed by atoms with E-state index in [0.29, 0.717) is 12.5 Å². The number of benzene rings is 1. The fraction of sp³-hybridized carbons (Fsp3) is 0.650. The third-order valence-corrected chi connectivity index (χ3v) is 5.74. The van der Waals surface area contributed by atoms with Crippen molar-refractivity contribution in [1.82, 2.24) is 10.2 Å². The van der Waals surface area contributed by atoms with E-state index in [1.165, 1.54) is 5.56 Å². The average molecular weight is 523 g/mol. The van der Waals surface area contributed by atoms with Gasteiger partial charge in [-0.15, -0.1) is 24.0 Å². The first-order chi connectivity index (χ1) is 13.2. The highest BCUT2D eigenvalue weighted by molar-refractivity contribution is 14.0. The molecule has 0 unspecified atom stereocenters. The Bertz CT molecular complexity index is 620. The molecule has 0 spiro atoms. The molecule has 0 bridgehead atoms. The standard InChI is InChI=1S/C20H31ClN4O2.HI/c21-18-4-1-3-17(15-18)20(5-11-26-12-6-20)16-24-19(22)23-7-2-8-25-9-13-27-14-10-25;/h1,3-4,15H,2,5-14,16H2,(H3,22,23,24);1H. The number of guanidine groups is 1. The number of nitrogens with zero attached hydrogens (tertiary/aromatic N) is 2. The number of hydrogen-bond acceptors (Lipinski definition) is 4. The number of halogens is 2. The summed E-state index contributed by atoms with van der Waals surface area (Å²) < 4.78 is 11.0. The van der Waals surface area contributed by atoms with Gasteiger partial charge in [0.05, 0.1) is 19.8 Å². The van der Waals surface area contributed by atoms with Crippen LogP contribution >= 0.6 is 35.6 Å². The summed E-state index contributed by atoms with van der Waals surface area (Å²) >= 11 is 6.22. The van der Waals surface area contributed by atoms with Gasteiger partial charge in [0.15, 0.2) is 5.96 Å². The van der Waals surface area contributed by atoms with Gasteiger partial charge in [-0.2, -0.15) is 0 Å². The zero-order chi connectivity index (χ0) is 19.0. The molecule has 0 aromatic heterocycles.